The number of nitrogens with one attached hydrogen (secondary N) is 1. The molecule has 0 bridgehead atoms. The molecule has 1 amide bonds. The van der Waals surface area contributed by atoms with Crippen LogP contribution in [0.3, 0.4) is 0 Å². The summed E-state index contributed by atoms with van der Waals surface area (Å²) in [7, 11) is -3.54. The number of sulfonamides is 1. The second-order valence-corrected chi connectivity index (χ2v) is 9.78. The van der Waals surface area contributed by atoms with Crippen LogP contribution in [0, 0.1) is 13.8 Å². The maximum Gasteiger partial charge on any atom is 0.261 e. The lowest BCUT2D eigenvalue weighted by atomic mass is 10.00. The summed E-state index contributed by atoms with van der Waals surface area (Å²) in [6, 6.07) is 10.6. The molecule has 0 aliphatic carbocycles. The number of amides is 1. The second kappa shape index (κ2) is 8.24. The van der Waals surface area contributed by atoms with E-state index in [9.17, 15) is 13.2 Å². The minimum absolute atomic E-state index is 0.127. The fourth-order valence-corrected chi connectivity index (χ4v) is 4.68. The quantitative estimate of drug-likeness (QED) is 0.791. The van der Waals surface area contributed by atoms with Gasteiger partial charge in [0.1, 0.15) is 5.75 Å². The standard InChI is InChI=1S/C21H25ClN2O4S/c1-13-5-7-17(14(2)11-13)15(3)23-21(25)20-9-10-24(29(4,26)27)18-12-16(22)6-8-19(18)28-20/h5-8,11-12,15,20H,9-10H2,1-4H3,(H,23,25)/t15-,20-/m0/s1. The normalized spacial score (nSPS) is 17.7. The molecule has 0 saturated heterocycles. The molecule has 8 heteroatoms. The van der Waals surface area contributed by atoms with Gasteiger partial charge in [-0.15, -0.1) is 0 Å². The van der Waals surface area contributed by atoms with E-state index in [1.54, 1.807) is 12.1 Å². The van der Waals surface area contributed by atoms with E-state index in [-0.39, 0.29) is 24.9 Å². The third kappa shape index (κ3) is 4.85. The van der Waals surface area contributed by atoms with Crippen molar-refractivity contribution in [2.24, 2.45) is 0 Å². The van der Waals surface area contributed by atoms with Crippen molar-refractivity contribution in [1.82, 2.24) is 5.32 Å². The fourth-order valence-electron chi connectivity index (χ4n) is 3.58. The molecule has 0 aromatic heterocycles. The average molecular weight is 437 g/mol. The molecule has 0 radical (unpaired) electrons. The highest BCUT2D eigenvalue weighted by Gasteiger charge is 2.32. The van der Waals surface area contributed by atoms with Crippen molar-refractivity contribution >= 4 is 33.2 Å². The highest BCUT2D eigenvalue weighted by atomic mass is 35.5. The second-order valence-electron chi connectivity index (χ2n) is 7.43. The summed E-state index contributed by atoms with van der Waals surface area (Å²) >= 11 is 6.05. The first-order valence-corrected chi connectivity index (χ1v) is 11.6. The summed E-state index contributed by atoms with van der Waals surface area (Å²) in [5.74, 6) is 0.0328. The van der Waals surface area contributed by atoms with Gasteiger partial charge in [-0.1, -0.05) is 35.4 Å². The summed E-state index contributed by atoms with van der Waals surface area (Å²) in [4.78, 5) is 12.9. The smallest absolute Gasteiger partial charge is 0.261 e. The van der Waals surface area contributed by atoms with Crippen molar-refractivity contribution in [2.45, 2.75) is 39.3 Å². The minimum Gasteiger partial charge on any atom is -0.478 e. The first-order chi connectivity index (χ1) is 13.6. The van der Waals surface area contributed by atoms with E-state index in [1.165, 1.54) is 10.4 Å². The van der Waals surface area contributed by atoms with Gasteiger partial charge in [-0.2, -0.15) is 0 Å². The molecule has 6 nitrogen and oxygen atoms in total. The number of nitrogens with zero attached hydrogens (tertiary/aromatic N) is 1. The lowest BCUT2D eigenvalue weighted by Gasteiger charge is -2.21. The predicted molar refractivity (Wildman–Crippen MR) is 115 cm³/mol. The van der Waals surface area contributed by atoms with Crippen LogP contribution in [0.1, 0.15) is 36.1 Å². The topological polar surface area (TPSA) is 75.7 Å². The number of carbonyl (C=O) groups is 1. The Bertz CT molecular complexity index is 1040. The molecule has 2 atom stereocenters. The Labute approximate surface area is 176 Å². The van der Waals surface area contributed by atoms with Crippen molar-refractivity contribution in [2.75, 3.05) is 17.1 Å². The Morgan fingerprint density at radius 2 is 1.97 bits per heavy atom. The first kappa shape index (κ1) is 21.5. The highest BCUT2D eigenvalue weighted by Crippen LogP contribution is 2.36. The van der Waals surface area contributed by atoms with E-state index in [4.69, 9.17) is 16.3 Å². The molecule has 29 heavy (non-hydrogen) atoms. The van der Waals surface area contributed by atoms with Gasteiger partial charge in [0, 0.05) is 18.0 Å². The SMILES string of the molecule is Cc1ccc([C@H](C)NC(=O)[C@@H]2CCN(S(C)(=O)=O)c3cc(Cl)ccc3O2)c(C)c1. The molecule has 0 unspecified atom stereocenters. The van der Waals surface area contributed by atoms with Crippen LogP contribution in [0.4, 0.5) is 5.69 Å². The van der Waals surface area contributed by atoms with Gasteiger partial charge in [0.25, 0.3) is 5.91 Å². The number of hydrogen-bond acceptors (Lipinski definition) is 4. The Balaban J connectivity index is 1.83. The van der Waals surface area contributed by atoms with Gasteiger partial charge < -0.3 is 10.1 Å². The number of aryl methyl sites for hydroxylation is 2. The number of halogens is 1. The largest absolute Gasteiger partial charge is 0.478 e. The third-order valence-electron chi connectivity index (χ3n) is 5.00. The van der Waals surface area contributed by atoms with E-state index in [2.05, 4.69) is 11.4 Å². The summed E-state index contributed by atoms with van der Waals surface area (Å²) < 4.78 is 31.6. The van der Waals surface area contributed by atoms with Crippen LogP contribution in [-0.2, 0) is 14.8 Å². The maximum atomic E-state index is 12.9. The fraction of sp³-hybridized carbons (Fsp3) is 0.381. The van der Waals surface area contributed by atoms with E-state index in [1.807, 2.05) is 32.9 Å². The molecule has 0 spiro atoms. The molecule has 156 valence electrons. The predicted octanol–water partition coefficient (Wildman–Crippen LogP) is 3.75. The highest BCUT2D eigenvalue weighted by molar-refractivity contribution is 7.92. The van der Waals surface area contributed by atoms with E-state index in [0.717, 1.165) is 22.9 Å². The van der Waals surface area contributed by atoms with E-state index in [0.29, 0.717) is 16.5 Å². The van der Waals surface area contributed by atoms with Gasteiger partial charge in [-0.25, -0.2) is 8.42 Å². The van der Waals surface area contributed by atoms with Crippen molar-refractivity contribution in [3.63, 3.8) is 0 Å². The number of carbonyl (C=O) groups excluding carboxylic acids is 1. The van der Waals surface area contributed by atoms with Crippen LogP contribution in [-0.4, -0.2) is 33.2 Å². The first-order valence-electron chi connectivity index (χ1n) is 9.37. The lowest BCUT2D eigenvalue weighted by molar-refractivity contribution is -0.128. The Morgan fingerprint density at radius 1 is 1.24 bits per heavy atom. The molecule has 2 aromatic rings. The minimum atomic E-state index is -3.54. The number of rotatable bonds is 4. The molecule has 1 heterocycles. The molecule has 2 aromatic carbocycles. The van der Waals surface area contributed by atoms with Gasteiger partial charge in [-0.3, -0.25) is 9.10 Å². The van der Waals surface area contributed by atoms with Crippen LogP contribution in [0.2, 0.25) is 5.02 Å². The zero-order valence-electron chi connectivity index (χ0n) is 16.9. The zero-order chi connectivity index (χ0) is 21.3. The van der Waals surface area contributed by atoms with Gasteiger partial charge in [0.15, 0.2) is 6.10 Å². The molecule has 0 fully saturated rings. The van der Waals surface area contributed by atoms with Crippen LogP contribution < -0.4 is 14.4 Å². The molecule has 1 aliphatic heterocycles. The summed E-state index contributed by atoms with van der Waals surface area (Å²) in [5.41, 5.74) is 3.64. The number of ether oxygens (including phenoxy) is 1. The van der Waals surface area contributed by atoms with Crippen molar-refractivity contribution < 1.29 is 17.9 Å². The molecule has 1 N–H and O–H groups in total. The Hall–Kier alpha value is -2.25. The Morgan fingerprint density at radius 3 is 2.62 bits per heavy atom. The van der Waals surface area contributed by atoms with Gasteiger partial charge in [0.2, 0.25) is 10.0 Å². The van der Waals surface area contributed by atoms with Gasteiger partial charge in [-0.05, 0) is 50.1 Å². The summed E-state index contributed by atoms with van der Waals surface area (Å²) in [6.07, 6.45) is 0.542. The number of anilines is 1. The van der Waals surface area contributed by atoms with Crippen molar-refractivity contribution in [1.29, 1.82) is 0 Å². The average Bonchev–Trinajstić information content (AvgIpc) is 2.80. The molecular formula is C21H25ClN2O4S. The lowest BCUT2D eigenvalue weighted by Crippen LogP contribution is -2.41. The van der Waals surface area contributed by atoms with Gasteiger partial charge in [0.05, 0.1) is 18.0 Å². The summed E-state index contributed by atoms with van der Waals surface area (Å²) in [6.45, 7) is 6.08. The van der Waals surface area contributed by atoms with E-state index < -0.39 is 16.1 Å². The van der Waals surface area contributed by atoms with E-state index >= 15 is 0 Å². The third-order valence-corrected chi connectivity index (χ3v) is 6.41. The molecule has 3 rings (SSSR count). The molecule has 0 saturated carbocycles. The maximum absolute atomic E-state index is 12.9. The number of benzene rings is 2. The molecule has 1 aliphatic rings. The number of fused-ring (bicyclic) bond motifs is 1. The van der Waals surface area contributed by atoms with Crippen LogP contribution in [0.25, 0.3) is 0 Å². The number of hydrogen-bond donors (Lipinski definition) is 1. The molecular weight excluding hydrogens is 412 g/mol. The van der Waals surface area contributed by atoms with Crippen molar-refractivity contribution in [3.8, 4) is 5.75 Å². The van der Waals surface area contributed by atoms with Gasteiger partial charge >= 0.3 is 0 Å². The Kier molecular flexibility index (Phi) is 6.10. The van der Waals surface area contributed by atoms with Crippen LogP contribution in [0.15, 0.2) is 36.4 Å². The summed E-state index contributed by atoms with van der Waals surface area (Å²) in [5, 5.41) is 3.39. The van der Waals surface area contributed by atoms with Crippen LogP contribution >= 0.6 is 11.6 Å². The monoisotopic (exact) mass is 436 g/mol. The van der Waals surface area contributed by atoms with Crippen LogP contribution in [0.5, 0.6) is 5.75 Å². The zero-order valence-corrected chi connectivity index (χ0v) is 18.5. The van der Waals surface area contributed by atoms with Crippen molar-refractivity contribution in [3.05, 3.63) is 58.1 Å².